The van der Waals surface area contributed by atoms with Crippen LogP contribution in [0.1, 0.15) is 12.8 Å². The average molecular weight is 453 g/mol. The molecule has 1 aliphatic rings. The number of rotatable bonds is 5. The fraction of sp³-hybridized carbons (Fsp3) is 0.286. The Labute approximate surface area is 187 Å². The average Bonchev–Trinajstić information content (AvgIpc) is 3.47. The molecular formula is C21H21F2N9O. The number of piperidine rings is 1. The quantitative estimate of drug-likeness (QED) is 0.471. The summed E-state index contributed by atoms with van der Waals surface area (Å²) in [7, 11) is 1.80. The Balaban J connectivity index is 1.51. The number of tetrazole rings is 1. The SMILES string of the molecule is Cn1cc(-c2cnc(N)c(-c3nnnn3-c3ccc(OC4CCCNC4)c(F)c3F)c2)cn1. The van der Waals surface area contributed by atoms with E-state index in [0.29, 0.717) is 12.1 Å². The Kier molecular flexibility index (Phi) is 5.42. The Bertz CT molecular complexity index is 1300. The van der Waals surface area contributed by atoms with Crippen molar-refractivity contribution in [3.8, 4) is 34.0 Å². The Morgan fingerprint density at radius 2 is 2.06 bits per heavy atom. The van der Waals surface area contributed by atoms with E-state index in [1.807, 2.05) is 6.20 Å². The van der Waals surface area contributed by atoms with Gasteiger partial charge in [0.15, 0.2) is 17.4 Å². The van der Waals surface area contributed by atoms with Crippen molar-refractivity contribution in [2.75, 3.05) is 18.8 Å². The third-order valence-electron chi connectivity index (χ3n) is 5.47. The number of benzene rings is 1. The molecule has 0 aliphatic carbocycles. The van der Waals surface area contributed by atoms with Gasteiger partial charge in [0.2, 0.25) is 5.82 Å². The Hall–Kier alpha value is -3.93. The first-order valence-corrected chi connectivity index (χ1v) is 10.4. The minimum atomic E-state index is -1.13. The van der Waals surface area contributed by atoms with Crippen molar-refractivity contribution in [2.24, 2.45) is 7.05 Å². The molecule has 0 spiro atoms. The zero-order valence-electron chi connectivity index (χ0n) is 17.7. The number of nitrogens with zero attached hydrogens (tertiary/aromatic N) is 7. The summed E-state index contributed by atoms with van der Waals surface area (Å²) < 4.78 is 38.3. The third kappa shape index (κ3) is 4.00. The van der Waals surface area contributed by atoms with Crippen LogP contribution in [0.2, 0.25) is 0 Å². The number of hydrogen-bond acceptors (Lipinski definition) is 8. The maximum Gasteiger partial charge on any atom is 0.202 e. The summed E-state index contributed by atoms with van der Waals surface area (Å²) in [5.41, 5.74) is 7.80. The monoisotopic (exact) mass is 453 g/mol. The molecule has 170 valence electrons. The minimum absolute atomic E-state index is 0.120. The lowest BCUT2D eigenvalue weighted by atomic mass is 10.1. The molecular weight excluding hydrogens is 432 g/mol. The molecule has 0 amide bonds. The third-order valence-corrected chi connectivity index (χ3v) is 5.47. The molecule has 0 bridgehead atoms. The lowest BCUT2D eigenvalue weighted by Crippen LogP contribution is -2.37. The summed E-state index contributed by atoms with van der Waals surface area (Å²) in [5, 5.41) is 18.8. The van der Waals surface area contributed by atoms with Gasteiger partial charge in [-0.3, -0.25) is 4.68 Å². The maximum absolute atomic E-state index is 15.1. The summed E-state index contributed by atoms with van der Waals surface area (Å²) in [6.07, 6.45) is 6.55. The number of hydrogen-bond donors (Lipinski definition) is 2. The number of halogens is 2. The van der Waals surface area contributed by atoms with Gasteiger partial charge < -0.3 is 15.8 Å². The van der Waals surface area contributed by atoms with Crippen LogP contribution in [0.4, 0.5) is 14.6 Å². The van der Waals surface area contributed by atoms with Crippen molar-refractivity contribution in [1.82, 2.24) is 40.3 Å². The van der Waals surface area contributed by atoms with Crippen LogP contribution >= 0.6 is 0 Å². The number of nitrogens with one attached hydrogen (secondary N) is 1. The molecule has 33 heavy (non-hydrogen) atoms. The van der Waals surface area contributed by atoms with Crippen molar-refractivity contribution < 1.29 is 13.5 Å². The molecule has 5 rings (SSSR count). The highest BCUT2D eigenvalue weighted by molar-refractivity contribution is 5.76. The number of aromatic nitrogens is 7. The van der Waals surface area contributed by atoms with E-state index in [9.17, 15) is 4.39 Å². The predicted molar refractivity (Wildman–Crippen MR) is 115 cm³/mol. The highest BCUT2D eigenvalue weighted by Gasteiger charge is 2.24. The molecule has 4 aromatic rings. The number of pyridine rings is 1. The molecule has 1 fully saturated rings. The topological polar surface area (TPSA) is 122 Å². The van der Waals surface area contributed by atoms with Crippen molar-refractivity contribution >= 4 is 5.82 Å². The van der Waals surface area contributed by atoms with Crippen LogP contribution in [0.3, 0.4) is 0 Å². The first kappa shape index (κ1) is 20.9. The first-order chi connectivity index (χ1) is 16.0. The van der Waals surface area contributed by atoms with Crippen LogP contribution in [0, 0.1) is 11.6 Å². The zero-order valence-corrected chi connectivity index (χ0v) is 17.7. The van der Waals surface area contributed by atoms with Crippen LogP contribution in [-0.4, -0.2) is 54.2 Å². The van der Waals surface area contributed by atoms with Gasteiger partial charge in [0, 0.05) is 37.1 Å². The van der Waals surface area contributed by atoms with E-state index in [-0.39, 0.29) is 29.2 Å². The summed E-state index contributed by atoms with van der Waals surface area (Å²) >= 11 is 0. The number of nitrogens with two attached hydrogens (primary N) is 1. The number of ether oxygens (including phenoxy) is 1. The van der Waals surface area contributed by atoms with E-state index >= 15 is 4.39 Å². The smallest absolute Gasteiger partial charge is 0.202 e. The van der Waals surface area contributed by atoms with Gasteiger partial charge in [0.05, 0.1) is 11.8 Å². The minimum Gasteiger partial charge on any atom is -0.486 e. The molecule has 1 aliphatic heterocycles. The molecule has 0 radical (unpaired) electrons. The lowest BCUT2D eigenvalue weighted by molar-refractivity contribution is 0.159. The van der Waals surface area contributed by atoms with Gasteiger partial charge in [-0.25, -0.2) is 9.37 Å². The highest BCUT2D eigenvalue weighted by Crippen LogP contribution is 2.32. The second kappa shape index (κ2) is 8.54. The second-order valence-corrected chi connectivity index (χ2v) is 7.77. The van der Waals surface area contributed by atoms with Gasteiger partial charge >= 0.3 is 0 Å². The first-order valence-electron chi connectivity index (χ1n) is 10.4. The van der Waals surface area contributed by atoms with E-state index in [0.717, 1.165) is 35.2 Å². The molecule has 1 aromatic carbocycles. The molecule has 1 atom stereocenters. The van der Waals surface area contributed by atoms with Crippen LogP contribution < -0.4 is 15.8 Å². The largest absolute Gasteiger partial charge is 0.486 e. The molecule has 3 aromatic heterocycles. The van der Waals surface area contributed by atoms with E-state index in [2.05, 4.69) is 30.9 Å². The molecule has 4 heterocycles. The summed E-state index contributed by atoms with van der Waals surface area (Å²) in [6, 6.07) is 4.48. The van der Waals surface area contributed by atoms with E-state index in [4.69, 9.17) is 10.5 Å². The van der Waals surface area contributed by atoms with Gasteiger partial charge in [-0.15, -0.1) is 5.10 Å². The predicted octanol–water partition coefficient (Wildman–Crippen LogP) is 2.12. The van der Waals surface area contributed by atoms with E-state index in [1.165, 1.54) is 12.1 Å². The second-order valence-electron chi connectivity index (χ2n) is 7.77. The zero-order chi connectivity index (χ0) is 22.9. The van der Waals surface area contributed by atoms with Gasteiger partial charge in [0.25, 0.3) is 0 Å². The van der Waals surface area contributed by atoms with Gasteiger partial charge in [-0.2, -0.15) is 14.2 Å². The van der Waals surface area contributed by atoms with Crippen molar-refractivity contribution in [1.29, 1.82) is 0 Å². The van der Waals surface area contributed by atoms with E-state index in [1.54, 1.807) is 30.2 Å². The van der Waals surface area contributed by atoms with Crippen molar-refractivity contribution in [3.63, 3.8) is 0 Å². The van der Waals surface area contributed by atoms with Crippen LogP contribution in [-0.2, 0) is 7.05 Å². The van der Waals surface area contributed by atoms with Crippen molar-refractivity contribution in [3.05, 3.63) is 48.4 Å². The molecule has 12 heteroatoms. The van der Waals surface area contributed by atoms with Gasteiger partial charge in [0.1, 0.15) is 17.6 Å². The molecule has 3 N–H and O–H groups in total. The van der Waals surface area contributed by atoms with Gasteiger partial charge in [-0.1, -0.05) is 0 Å². The Morgan fingerprint density at radius 1 is 1.18 bits per heavy atom. The molecule has 0 saturated carbocycles. The number of aryl methyl sites for hydroxylation is 1. The maximum atomic E-state index is 15.1. The molecule has 1 unspecified atom stereocenters. The number of nitrogen functional groups attached to an aromatic ring is 1. The Morgan fingerprint density at radius 3 is 2.82 bits per heavy atom. The van der Waals surface area contributed by atoms with E-state index < -0.39 is 11.6 Å². The molecule has 1 saturated heterocycles. The highest BCUT2D eigenvalue weighted by atomic mass is 19.2. The summed E-state index contributed by atoms with van der Waals surface area (Å²) in [6.45, 7) is 1.47. The van der Waals surface area contributed by atoms with Gasteiger partial charge in [-0.05, 0) is 48.0 Å². The number of anilines is 1. The van der Waals surface area contributed by atoms with Crippen molar-refractivity contribution in [2.45, 2.75) is 18.9 Å². The normalized spacial score (nSPS) is 16.2. The lowest BCUT2D eigenvalue weighted by Gasteiger charge is -2.24. The fourth-order valence-electron chi connectivity index (χ4n) is 3.78. The summed E-state index contributed by atoms with van der Waals surface area (Å²) in [5.74, 6) is -2.12. The fourth-order valence-corrected chi connectivity index (χ4v) is 3.78. The molecule has 10 nitrogen and oxygen atoms in total. The summed E-state index contributed by atoms with van der Waals surface area (Å²) in [4.78, 5) is 4.21. The standard InChI is InChI=1S/C21H21F2N9O/c1-31-11-13(9-27-31)12-7-15(20(24)26-8-12)21-28-29-30-32(21)16-4-5-17(19(23)18(16)22)33-14-3-2-6-25-10-14/h4-5,7-9,11,14,25H,2-3,6,10H2,1H3,(H2,24,26). The van der Waals surface area contributed by atoms with Crippen LogP contribution in [0.25, 0.3) is 28.2 Å². The van der Waals surface area contributed by atoms with Crippen LogP contribution in [0.15, 0.2) is 36.8 Å². The van der Waals surface area contributed by atoms with Crippen LogP contribution in [0.5, 0.6) is 5.75 Å².